The van der Waals surface area contributed by atoms with Crippen LogP contribution in [0.1, 0.15) is 35.2 Å². The molecule has 0 bridgehead atoms. The van der Waals surface area contributed by atoms with Crippen LogP contribution in [0.4, 0.5) is 0 Å². The summed E-state index contributed by atoms with van der Waals surface area (Å²) in [6.07, 6.45) is 4.08. The predicted molar refractivity (Wildman–Crippen MR) is 92.0 cm³/mol. The zero-order valence-electron chi connectivity index (χ0n) is 13.5. The van der Waals surface area contributed by atoms with Gasteiger partial charge in [0.1, 0.15) is 5.75 Å². The van der Waals surface area contributed by atoms with Gasteiger partial charge >= 0.3 is 0 Å². The third kappa shape index (κ3) is 3.99. The highest BCUT2D eigenvalue weighted by atomic mass is 16.5. The average molecular weight is 309 g/mol. The molecule has 0 aliphatic carbocycles. The van der Waals surface area contributed by atoms with Crippen molar-refractivity contribution in [2.24, 2.45) is 0 Å². The first-order valence-corrected chi connectivity index (χ1v) is 8.24. The summed E-state index contributed by atoms with van der Waals surface area (Å²) in [7, 11) is 1.68. The van der Waals surface area contributed by atoms with Gasteiger partial charge in [-0.25, -0.2) is 0 Å². The molecule has 0 spiro atoms. The van der Waals surface area contributed by atoms with Crippen LogP contribution in [-0.4, -0.2) is 25.0 Å². The van der Waals surface area contributed by atoms with Crippen LogP contribution in [0.2, 0.25) is 0 Å². The molecule has 0 amide bonds. The number of carbonyl (C=O) groups is 1. The normalized spacial score (nSPS) is 20.4. The Morgan fingerprint density at radius 2 is 1.83 bits per heavy atom. The second-order valence-corrected chi connectivity index (χ2v) is 6.11. The maximum absolute atomic E-state index is 12.5. The maximum Gasteiger partial charge on any atom is 0.179 e. The molecular weight excluding hydrogens is 286 g/mol. The molecule has 3 heteroatoms. The highest BCUT2D eigenvalue weighted by molar-refractivity contribution is 6.00. The number of rotatable bonds is 6. The topological polar surface area (TPSA) is 38.3 Å². The van der Waals surface area contributed by atoms with E-state index in [-0.39, 0.29) is 11.8 Å². The number of ether oxygens (including phenoxy) is 1. The fourth-order valence-corrected chi connectivity index (χ4v) is 3.19. The Kier molecular flexibility index (Phi) is 5.09. The molecule has 120 valence electrons. The maximum atomic E-state index is 12.5. The summed E-state index contributed by atoms with van der Waals surface area (Å²) in [5, 5.41) is 3.51. The molecule has 1 aliphatic rings. The van der Waals surface area contributed by atoms with E-state index in [2.05, 4.69) is 17.4 Å². The summed E-state index contributed by atoms with van der Waals surface area (Å²) < 4.78 is 5.18. The molecule has 3 nitrogen and oxygen atoms in total. The van der Waals surface area contributed by atoms with E-state index in [1.807, 2.05) is 42.5 Å². The molecule has 2 aromatic rings. The van der Waals surface area contributed by atoms with Crippen molar-refractivity contribution < 1.29 is 9.53 Å². The van der Waals surface area contributed by atoms with E-state index < -0.39 is 0 Å². The van der Waals surface area contributed by atoms with Gasteiger partial charge in [0.2, 0.25) is 0 Å². The van der Waals surface area contributed by atoms with E-state index in [1.54, 1.807) is 7.11 Å². The molecule has 1 N–H and O–H groups in total. The fraction of sp³-hybridized carbons (Fsp3) is 0.350. The van der Waals surface area contributed by atoms with Gasteiger partial charge in [0.15, 0.2) is 5.78 Å². The van der Waals surface area contributed by atoms with Crippen molar-refractivity contribution in [1.82, 2.24) is 5.32 Å². The molecule has 1 aliphatic heterocycles. The van der Waals surface area contributed by atoms with Gasteiger partial charge in [-0.2, -0.15) is 0 Å². The van der Waals surface area contributed by atoms with Crippen LogP contribution in [0.5, 0.6) is 5.75 Å². The summed E-state index contributed by atoms with van der Waals surface area (Å²) >= 11 is 0. The van der Waals surface area contributed by atoms with E-state index in [1.165, 1.54) is 5.56 Å². The number of hydrogen-bond acceptors (Lipinski definition) is 3. The molecule has 3 rings (SSSR count). The fourth-order valence-electron chi connectivity index (χ4n) is 3.19. The lowest BCUT2D eigenvalue weighted by atomic mass is 10.0. The Bertz CT molecular complexity index is 636. The van der Waals surface area contributed by atoms with Gasteiger partial charge < -0.3 is 10.1 Å². The first-order chi connectivity index (χ1) is 11.3. The Hall–Kier alpha value is -2.13. The molecule has 0 saturated carbocycles. The zero-order chi connectivity index (χ0) is 16.1. The third-order valence-corrected chi connectivity index (χ3v) is 4.56. The van der Waals surface area contributed by atoms with Crippen molar-refractivity contribution in [2.75, 3.05) is 7.11 Å². The first kappa shape index (κ1) is 15.8. The van der Waals surface area contributed by atoms with E-state index in [4.69, 9.17) is 4.74 Å². The van der Waals surface area contributed by atoms with Gasteiger partial charge in [-0.15, -0.1) is 0 Å². The van der Waals surface area contributed by atoms with E-state index in [9.17, 15) is 4.79 Å². The summed E-state index contributed by atoms with van der Waals surface area (Å²) in [6.45, 7) is 0. The molecule has 23 heavy (non-hydrogen) atoms. The van der Waals surface area contributed by atoms with Gasteiger partial charge in [-0.1, -0.05) is 42.5 Å². The number of hydrogen-bond donors (Lipinski definition) is 1. The Morgan fingerprint density at radius 3 is 2.52 bits per heavy atom. The second kappa shape index (κ2) is 7.42. The van der Waals surface area contributed by atoms with E-state index in [0.717, 1.165) is 37.0 Å². The van der Waals surface area contributed by atoms with Gasteiger partial charge in [0, 0.05) is 11.6 Å². The minimum Gasteiger partial charge on any atom is -0.497 e. The lowest BCUT2D eigenvalue weighted by Gasteiger charge is -2.14. The minimum atomic E-state index is -0.0294. The lowest BCUT2D eigenvalue weighted by Crippen LogP contribution is -2.35. The molecule has 1 saturated heterocycles. The number of Topliss-reactive ketones (excluding diaryl/α,β-unsaturated/α-hetero) is 1. The molecule has 0 aromatic heterocycles. The molecule has 1 heterocycles. The third-order valence-electron chi connectivity index (χ3n) is 4.56. The van der Waals surface area contributed by atoms with Crippen molar-refractivity contribution in [3.8, 4) is 5.75 Å². The Labute approximate surface area is 137 Å². The number of benzene rings is 2. The number of nitrogens with one attached hydrogen (secondary N) is 1. The summed E-state index contributed by atoms with van der Waals surface area (Å²) in [5.41, 5.74) is 2.12. The van der Waals surface area contributed by atoms with Crippen LogP contribution in [0.15, 0.2) is 54.6 Å². The van der Waals surface area contributed by atoms with E-state index in [0.29, 0.717) is 6.04 Å². The predicted octanol–water partition coefficient (Wildman–Crippen LogP) is 3.63. The quantitative estimate of drug-likeness (QED) is 0.828. The van der Waals surface area contributed by atoms with E-state index >= 15 is 0 Å². The first-order valence-electron chi connectivity index (χ1n) is 8.24. The highest BCUT2D eigenvalue weighted by Gasteiger charge is 2.29. The molecule has 0 radical (unpaired) electrons. The van der Waals surface area contributed by atoms with Crippen molar-refractivity contribution in [3.05, 3.63) is 65.7 Å². The van der Waals surface area contributed by atoms with Gasteiger partial charge in [-0.3, -0.25) is 4.79 Å². The molecular formula is C20H23NO2. The summed E-state index contributed by atoms with van der Waals surface area (Å²) in [4.78, 5) is 12.5. The number of methoxy groups -OCH3 is 1. The Balaban J connectivity index is 1.50. The zero-order valence-corrected chi connectivity index (χ0v) is 13.5. The smallest absolute Gasteiger partial charge is 0.179 e. The van der Waals surface area contributed by atoms with Gasteiger partial charge in [0.25, 0.3) is 0 Å². The summed E-state index contributed by atoms with van der Waals surface area (Å²) in [6, 6.07) is 18.2. The standard InChI is InChI=1S/C20H23NO2/c1-23-18-12-8-15(9-13-18)7-10-17-11-14-19(21-17)20(22)16-5-3-2-4-6-16/h2-6,8-9,12-13,17,19,21H,7,10-11,14H2,1H3. The van der Waals surface area contributed by atoms with Crippen molar-refractivity contribution in [1.29, 1.82) is 0 Å². The Morgan fingerprint density at radius 1 is 1.09 bits per heavy atom. The number of aryl methyl sites for hydroxylation is 1. The largest absolute Gasteiger partial charge is 0.497 e. The number of ketones is 1. The van der Waals surface area contributed by atoms with Gasteiger partial charge in [-0.05, 0) is 43.4 Å². The van der Waals surface area contributed by atoms with Crippen LogP contribution in [0.25, 0.3) is 0 Å². The second-order valence-electron chi connectivity index (χ2n) is 6.11. The lowest BCUT2D eigenvalue weighted by molar-refractivity contribution is 0.0949. The average Bonchev–Trinajstić information content (AvgIpc) is 3.09. The van der Waals surface area contributed by atoms with Gasteiger partial charge in [0.05, 0.1) is 13.2 Å². The monoisotopic (exact) mass is 309 g/mol. The van der Waals surface area contributed by atoms with Crippen molar-refractivity contribution in [3.63, 3.8) is 0 Å². The van der Waals surface area contributed by atoms with Crippen LogP contribution in [-0.2, 0) is 6.42 Å². The minimum absolute atomic E-state index is 0.0294. The summed E-state index contributed by atoms with van der Waals surface area (Å²) in [5.74, 6) is 1.11. The van der Waals surface area contributed by atoms with Crippen LogP contribution < -0.4 is 10.1 Å². The van der Waals surface area contributed by atoms with Crippen LogP contribution in [0, 0.1) is 0 Å². The van der Waals surface area contributed by atoms with Crippen molar-refractivity contribution >= 4 is 5.78 Å². The molecule has 2 aromatic carbocycles. The molecule has 2 unspecified atom stereocenters. The molecule has 1 fully saturated rings. The number of carbonyl (C=O) groups excluding carboxylic acids is 1. The van der Waals surface area contributed by atoms with Crippen molar-refractivity contribution in [2.45, 2.75) is 37.8 Å². The highest BCUT2D eigenvalue weighted by Crippen LogP contribution is 2.21. The SMILES string of the molecule is COc1ccc(CCC2CCC(C(=O)c3ccccc3)N2)cc1. The van der Waals surface area contributed by atoms with Crippen LogP contribution in [0.3, 0.4) is 0 Å². The van der Waals surface area contributed by atoms with Crippen LogP contribution >= 0.6 is 0 Å². The molecule has 2 atom stereocenters.